The third kappa shape index (κ3) is 6.24. The highest BCUT2D eigenvalue weighted by Crippen LogP contribution is 2.27. The van der Waals surface area contributed by atoms with Crippen molar-refractivity contribution in [3.8, 4) is 11.5 Å². The minimum atomic E-state index is -4.12. The summed E-state index contributed by atoms with van der Waals surface area (Å²) >= 11 is 3.34. The maximum Gasteiger partial charge on any atom is 0.410 e. The average Bonchev–Trinajstić information content (AvgIpc) is 2.74. The Kier molecular flexibility index (Phi) is 7.35. The van der Waals surface area contributed by atoms with Crippen LogP contribution in [-0.2, 0) is 19.6 Å². The number of hydrogen-bond donors (Lipinski definition) is 1. The molecule has 1 atom stereocenters. The van der Waals surface area contributed by atoms with Crippen LogP contribution < -0.4 is 4.74 Å². The maximum absolute atomic E-state index is 13.2. The van der Waals surface area contributed by atoms with E-state index in [2.05, 4.69) is 15.9 Å². The first kappa shape index (κ1) is 25.0. The Bertz CT molecular complexity index is 1110. The number of carboxylic acid groups (broad SMARTS) is 1. The van der Waals surface area contributed by atoms with Crippen molar-refractivity contribution in [3.63, 3.8) is 0 Å². The van der Waals surface area contributed by atoms with Crippen LogP contribution in [0.25, 0.3) is 0 Å². The zero-order chi connectivity index (χ0) is 24.4. The predicted molar refractivity (Wildman–Crippen MR) is 124 cm³/mol. The van der Waals surface area contributed by atoms with Gasteiger partial charge in [-0.3, -0.25) is 4.79 Å². The van der Waals surface area contributed by atoms with Gasteiger partial charge in [-0.1, -0.05) is 15.9 Å². The Hall–Kier alpha value is -2.63. The highest BCUT2D eigenvalue weighted by Gasteiger charge is 2.42. The van der Waals surface area contributed by atoms with Crippen LogP contribution in [-0.4, -0.2) is 66.1 Å². The largest absolute Gasteiger partial charge is 0.480 e. The van der Waals surface area contributed by atoms with E-state index in [4.69, 9.17) is 9.47 Å². The monoisotopic (exact) mass is 540 g/mol. The van der Waals surface area contributed by atoms with Gasteiger partial charge in [-0.25, -0.2) is 13.2 Å². The number of benzene rings is 2. The number of piperazine rings is 1. The van der Waals surface area contributed by atoms with Crippen molar-refractivity contribution in [2.75, 3.05) is 19.6 Å². The molecule has 9 nitrogen and oxygen atoms in total. The average molecular weight is 541 g/mol. The zero-order valence-electron chi connectivity index (χ0n) is 18.4. The van der Waals surface area contributed by atoms with Crippen LogP contribution in [0.5, 0.6) is 11.5 Å². The first-order valence-corrected chi connectivity index (χ1v) is 12.4. The number of rotatable bonds is 5. The summed E-state index contributed by atoms with van der Waals surface area (Å²) in [5, 5.41) is 9.67. The van der Waals surface area contributed by atoms with Crippen LogP contribution in [0.3, 0.4) is 0 Å². The number of carboxylic acids is 1. The second kappa shape index (κ2) is 9.70. The number of aliphatic carboxylic acids is 1. The minimum absolute atomic E-state index is 0.0166. The summed E-state index contributed by atoms with van der Waals surface area (Å²) in [7, 11) is -4.12. The summed E-state index contributed by atoms with van der Waals surface area (Å²) in [5.41, 5.74) is -0.751. The van der Waals surface area contributed by atoms with Crippen molar-refractivity contribution >= 4 is 38.0 Å². The van der Waals surface area contributed by atoms with Crippen molar-refractivity contribution in [3.05, 3.63) is 53.0 Å². The standard InChI is InChI=1S/C22H25BrN2O7S/c1-22(2,3)32-21(28)24-12-13-25(19(14-24)20(26)27)33(29,30)18-10-8-17(9-11-18)31-16-6-4-15(23)5-7-16/h4-11,19H,12-14H2,1-3H3,(H,26,27). The van der Waals surface area contributed by atoms with Gasteiger partial charge in [0.05, 0.1) is 11.4 Å². The van der Waals surface area contributed by atoms with E-state index in [-0.39, 0.29) is 24.5 Å². The second-order valence-electron chi connectivity index (χ2n) is 8.42. The molecule has 2 aromatic carbocycles. The van der Waals surface area contributed by atoms with Crippen molar-refractivity contribution in [1.82, 2.24) is 9.21 Å². The lowest BCUT2D eigenvalue weighted by Crippen LogP contribution is -2.59. The molecule has 11 heteroatoms. The number of carbonyl (C=O) groups is 2. The van der Waals surface area contributed by atoms with E-state index in [1.165, 1.54) is 29.2 Å². The molecule has 1 amide bonds. The quantitative estimate of drug-likeness (QED) is 0.610. The van der Waals surface area contributed by atoms with E-state index in [0.29, 0.717) is 11.5 Å². The molecule has 1 heterocycles. The van der Waals surface area contributed by atoms with Gasteiger partial charge in [0, 0.05) is 17.6 Å². The highest BCUT2D eigenvalue weighted by molar-refractivity contribution is 9.10. The lowest BCUT2D eigenvalue weighted by Gasteiger charge is -2.38. The topological polar surface area (TPSA) is 113 Å². The molecule has 0 aliphatic carbocycles. The molecular weight excluding hydrogens is 516 g/mol. The third-order valence-corrected chi connectivity index (χ3v) is 7.20. The van der Waals surface area contributed by atoms with Crippen LogP contribution in [0.2, 0.25) is 0 Å². The number of sulfonamides is 1. The third-order valence-electron chi connectivity index (χ3n) is 4.75. The Morgan fingerprint density at radius 3 is 2.06 bits per heavy atom. The van der Waals surface area contributed by atoms with Gasteiger partial charge in [-0.05, 0) is 69.3 Å². The smallest absolute Gasteiger partial charge is 0.410 e. The van der Waals surface area contributed by atoms with Crippen LogP contribution in [0.1, 0.15) is 20.8 Å². The van der Waals surface area contributed by atoms with Crippen LogP contribution >= 0.6 is 15.9 Å². The fraction of sp³-hybridized carbons (Fsp3) is 0.364. The van der Waals surface area contributed by atoms with Gasteiger partial charge in [0.2, 0.25) is 10.0 Å². The molecule has 1 N–H and O–H groups in total. The first-order chi connectivity index (χ1) is 15.4. The molecule has 0 radical (unpaired) electrons. The van der Waals surface area contributed by atoms with Crippen LogP contribution in [0.15, 0.2) is 57.9 Å². The molecule has 0 spiro atoms. The molecule has 1 fully saturated rings. The van der Waals surface area contributed by atoms with Crippen molar-refractivity contribution < 1.29 is 32.6 Å². The Labute approximate surface area is 201 Å². The van der Waals surface area contributed by atoms with E-state index < -0.39 is 33.7 Å². The lowest BCUT2D eigenvalue weighted by molar-refractivity contribution is -0.143. The fourth-order valence-corrected chi connectivity index (χ4v) is 5.03. The first-order valence-electron chi connectivity index (χ1n) is 10.1. The molecule has 0 saturated carbocycles. The molecule has 1 saturated heterocycles. The zero-order valence-corrected chi connectivity index (χ0v) is 20.8. The molecule has 33 heavy (non-hydrogen) atoms. The number of nitrogens with zero attached hydrogens (tertiary/aromatic N) is 2. The van der Waals surface area contributed by atoms with Gasteiger partial charge in [0.1, 0.15) is 23.1 Å². The minimum Gasteiger partial charge on any atom is -0.480 e. The van der Waals surface area contributed by atoms with Crippen molar-refractivity contribution in [2.45, 2.75) is 37.3 Å². The van der Waals surface area contributed by atoms with Gasteiger partial charge in [-0.15, -0.1) is 0 Å². The number of ether oxygens (including phenoxy) is 2. The van der Waals surface area contributed by atoms with Gasteiger partial charge >= 0.3 is 12.1 Å². The van der Waals surface area contributed by atoms with E-state index >= 15 is 0 Å². The van der Waals surface area contributed by atoms with E-state index in [9.17, 15) is 23.1 Å². The summed E-state index contributed by atoms with van der Waals surface area (Å²) in [6, 6.07) is 11.4. The highest BCUT2D eigenvalue weighted by atomic mass is 79.9. The van der Waals surface area contributed by atoms with Crippen molar-refractivity contribution in [1.29, 1.82) is 0 Å². The molecule has 1 aliphatic rings. The molecule has 2 aromatic rings. The van der Waals surface area contributed by atoms with Crippen molar-refractivity contribution in [2.24, 2.45) is 0 Å². The molecule has 178 valence electrons. The molecule has 0 bridgehead atoms. The molecule has 3 rings (SSSR count). The Morgan fingerprint density at radius 1 is 1.00 bits per heavy atom. The number of hydrogen-bond acceptors (Lipinski definition) is 6. The van der Waals surface area contributed by atoms with Crippen LogP contribution in [0.4, 0.5) is 4.79 Å². The van der Waals surface area contributed by atoms with E-state index in [1.807, 2.05) is 12.1 Å². The van der Waals surface area contributed by atoms with Gasteiger partial charge in [0.15, 0.2) is 0 Å². The maximum atomic E-state index is 13.2. The SMILES string of the molecule is CC(C)(C)OC(=O)N1CCN(S(=O)(=O)c2ccc(Oc3ccc(Br)cc3)cc2)C(C(=O)O)C1. The van der Waals surface area contributed by atoms with E-state index in [1.54, 1.807) is 32.9 Å². The normalized spacial score (nSPS) is 17.5. The molecule has 0 aromatic heterocycles. The number of amides is 1. The fourth-order valence-electron chi connectivity index (χ4n) is 3.20. The summed E-state index contributed by atoms with van der Waals surface area (Å²) in [6.07, 6.45) is -0.680. The van der Waals surface area contributed by atoms with Gasteiger partial charge in [-0.2, -0.15) is 4.31 Å². The Morgan fingerprint density at radius 2 is 1.55 bits per heavy atom. The second-order valence-corrected chi connectivity index (χ2v) is 11.2. The summed E-state index contributed by atoms with van der Waals surface area (Å²) < 4.78 is 39.2. The summed E-state index contributed by atoms with van der Waals surface area (Å²) in [4.78, 5) is 25.4. The number of carbonyl (C=O) groups excluding carboxylic acids is 1. The number of halogens is 1. The predicted octanol–water partition coefficient (Wildman–Crippen LogP) is 3.94. The van der Waals surface area contributed by atoms with E-state index in [0.717, 1.165) is 8.78 Å². The molecule has 1 aliphatic heterocycles. The summed E-state index contributed by atoms with van der Waals surface area (Å²) in [5.74, 6) is -0.333. The Balaban J connectivity index is 1.76. The van der Waals surface area contributed by atoms with Gasteiger partial charge in [0.25, 0.3) is 0 Å². The van der Waals surface area contributed by atoms with Crippen LogP contribution in [0, 0.1) is 0 Å². The summed E-state index contributed by atoms with van der Waals surface area (Å²) in [6.45, 7) is 4.63. The van der Waals surface area contributed by atoms with Gasteiger partial charge < -0.3 is 19.5 Å². The lowest BCUT2D eigenvalue weighted by atomic mass is 10.2. The molecular formula is C22H25BrN2O7S. The molecule has 1 unspecified atom stereocenters.